The summed E-state index contributed by atoms with van der Waals surface area (Å²) in [5, 5.41) is 14.5. The minimum absolute atomic E-state index is 0.255. The van der Waals surface area contributed by atoms with Gasteiger partial charge in [-0.25, -0.2) is 4.68 Å². The number of benzene rings is 2. The molecule has 29 heavy (non-hydrogen) atoms. The van der Waals surface area contributed by atoms with Gasteiger partial charge >= 0.3 is 0 Å². The summed E-state index contributed by atoms with van der Waals surface area (Å²) < 4.78 is 7.66. The van der Waals surface area contributed by atoms with Crippen molar-refractivity contribution in [1.29, 1.82) is 0 Å². The van der Waals surface area contributed by atoms with Gasteiger partial charge in [0.05, 0.1) is 12.2 Å². The van der Waals surface area contributed by atoms with Crippen LogP contribution < -0.4 is 15.4 Å². The molecular weight excluding hydrogens is 366 g/mol. The molecule has 3 aromatic rings. The van der Waals surface area contributed by atoms with Crippen LogP contribution in [-0.4, -0.2) is 34.0 Å². The number of nitrogens with one attached hydrogen (secondary N) is 2. The normalized spacial score (nSPS) is 14.5. The summed E-state index contributed by atoms with van der Waals surface area (Å²) >= 11 is 0. The smallest absolute Gasteiger partial charge is 0.277 e. The van der Waals surface area contributed by atoms with E-state index in [1.807, 2.05) is 60.1 Å². The third kappa shape index (κ3) is 4.63. The second kappa shape index (κ2) is 8.87. The first-order chi connectivity index (χ1) is 14.2. The third-order valence-electron chi connectivity index (χ3n) is 5.26. The largest absolute Gasteiger partial charge is 0.489 e. The van der Waals surface area contributed by atoms with Crippen molar-refractivity contribution in [3.05, 3.63) is 71.5 Å². The number of nitrogens with zero attached hydrogens (tertiary/aromatic N) is 3. The van der Waals surface area contributed by atoms with Gasteiger partial charge in [0, 0.05) is 5.69 Å². The van der Waals surface area contributed by atoms with Crippen LogP contribution in [0.4, 0.5) is 5.69 Å². The first kappa shape index (κ1) is 19.1. The van der Waals surface area contributed by atoms with E-state index in [-0.39, 0.29) is 5.91 Å². The van der Waals surface area contributed by atoms with E-state index in [1.54, 1.807) is 6.20 Å². The Morgan fingerprint density at radius 2 is 1.97 bits per heavy atom. The molecule has 0 spiro atoms. The lowest BCUT2D eigenvalue weighted by molar-refractivity contribution is 0.102. The highest BCUT2D eigenvalue weighted by molar-refractivity contribution is 6.03. The molecule has 0 saturated carbocycles. The van der Waals surface area contributed by atoms with Crippen LogP contribution in [0.2, 0.25) is 0 Å². The van der Waals surface area contributed by atoms with Crippen LogP contribution in [0.5, 0.6) is 5.75 Å². The highest BCUT2D eigenvalue weighted by Crippen LogP contribution is 2.22. The Balaban J connectivity index is 1.42. The maximum atomic E-state index is 12.7. The van der Waals surface area contributed by atoms with Crippen molar-refractivity contribution in [1.82, 2.24) is 20.3 Å². The number of aromatic nitrogens is 3. The van der Waals surface area contributed by atoms with Crippen LogP contribution in [0, 0.1) is 6.92 Å². The van der Waals surface area contributed by atoms with E-state index in [0.29, 0.717) is 18.3 Å². The van der Waals surface area contributed by atoms with Crippen LogP contribution in [0.1, 0.15) is 40.5 Å². The molecule has 1 aliphatic rings. The monoisotopic (exact) mass is 391 g/mol. The Morgan fingerprint density at radius 1 is 1.17 bits per heavy atom. The van der Waals surface area contributed by atoms with Crippen molar-refractivity contribution < 1.29 is 9.53 Å². The summed E-state index contributed by atoms with van der Waals surface area (Å²) in [6.45, 7) is 4.34. The van der Waals surface area contributed by atoms with E-state index in [0.717, 1.165) is 48.5 Å². The quantitative estimate of drug-likeness (QED) is 0.674. The predicted octanol–water partition coefficient (Wildman–Crippen LogP) is 3.34. The van der Waals surface area contributed by atoms with E-state index < -0.39 is 0 Å². The fourth-order valence-electron chi connectivity index (χ4n) is 3.47. The Labute approximate surface area is 170 Å². The van der Waals surface area contributed by atoms with Gasteiger partial charge in [-0.2, -0.15) is 0 Å². The van der Waals surface area contributed by atoms with Crippen molar-refractivity contribution in [3.8, 4) is 5.75 Å². The number of piperidine rings is 1. The van der Waals surface area contributed by atoms with Gasteiger partial charge in [0.2, 0.25) is 0 Å². The van der Waals surface area contributed by atoms with Crippen LogP contribution in [0.25, 0.3) is 0 Å². The number of amides is 1. The molecule has 1 amide bonds. The van der Waals surface area contributed by atoms with Crippen LogP contribution >= 0.6 is 0 Å². The van der Waals surface area contributed by atoms with Crippen LogP contribution in [0.15, 0.2) is 54.7 Å². The topological polar surface area (TPSA) is 81.1 Å². The van der Waals surface area contributed by atoms with Gasteiger partial charge in [0.15, 0.2) is 5.69 Å². The summed E-state index contributed by atoms with van der Waals surface area (Å²) in [5.41, 5.74) is 3.07. The summed E-state index contributed by atoms with van der Waals surface area (Å²) in [4.78, 5) is 12.7. The average molecular weight is 391 g/mol. The van der Waals surface area contributed by atoms with Gasteiger partial charge in [-0.15, -0.1) is 5.10 Å². The molecular formula is C22H25N5O2. The first-order valence-electron chi connectivity index (χ1n) is 9.91. The molecule has 0 radical (unpaired) electrons. The van der Waals surface area contributed by atoms with Crippen molar-refractivity contribution >= 4 is 11.6 Å². The Hall–Kier alpha value is -3.19. The molecule has 2 heterocycles. The molecule has 0 aliphatic carbocycles. The molecule has 4 rings (SSSR count). The van der Waals surface area contributed by atoms with Gasteiger partial charge in [-0.3, -0.25) is 4.79 Å². The van der Waals surface area contributed by atoms with Gasteiger partial charge in [0.25, 0.3) is 5.91 Å². The molecule has 1 aliphatic heterocycles. The molecule has 7 nitrogen and oxygen atoms in total. The zero-order valence-corrected chi connectivity index (χ0v) is 16.5. The molecule has 1 aromatic heterocycles. The minimum atomic E-state index is -0.255. The van der Waals surface area contributed by atoms with Crippen molar-refractivity contribution in [3.63, 3.8) is 0 Å². The Bertz CT molecular complexity index is 964. The summed E-state index contributed by atoms with van der Waals surface area (Å²) in [5.74, 6) is 0.560. The summed E-state index contributed by atoms with van der Waals surface area (Å²) in [6, 6.07) is 15.8. The number of rotatable bonds is 6. The molecule has 0 unspecified atom stereocenters. The van der Waals surface area contributed by atoms with Crippen LogP contribution in [0.3, 0.4) is 0 Å². The Morgan fingerprint density at radius 3 is 2.76 bits per heavy atom. The molecule has 1 fully saturated rings. The summed E-state index contributed by atoms with van der Waals surface area (Å²) in [7, 11) is 0. The van der Waals surface area contributed by atoms with Crippen LogP contribution in [-0.2, 0) is 6.61 Å². The second-order valence-electron chi connectivity index (χ2n) is 7.21. The maximum absolute atomic E-state index is 12.7. The number of hydrogen-bond donors (Lipinski definition) is 2. The number of anilines is 1. The Kier molecular flexibility index (Phi) is 5.86. The lowest BCUT2D eigenvalue weighted by atomic mass is 10.1. The minimum Gasteiger partial charge on any atom is -0.489 e. The second-order valence-corrected chi connectivity index (χ2v) is 7.21. The lowest BCUT2D eigenvalue weighted by Crippen LogP contribution is -2.29. The number of para-hydroxylation sites is 1. The van der Waals surface area contributed by atoms with Gasteiger partial charge < -0.3 is 15.4 Å². The molecule has 0 atom stereocenters. The molecule has 2 aromatic carbocycles. The first-order valence-corrected chi connectivity index (χ1v) is 9.91. The fourth-order valence-corrected chi connectivity index (χ4v) is 3.47. The van der Waals surface area contributed by atoms with E-state index in [9.17, 15) is 4.79 Å². The van der Waals surface area contributed by atoms with Crippen molar-refractivity contribution in [2.45, 2.75) is 32.4 Å². The van der Waals surface area contributed by atoms with Gasteiger partial charge in [-0.05, 0) is 62.2 Å². The standard InChI is InChI=1S/C22H25N5O2/c1-16-17(15-29-19-7-3-2-4-8-19)6-5-9-20(16)24-22(28)21-14-27(26-25-21)18-10-12-23-13-11-18/h2-9,14,18,23H,10-13,15H2,1H3,(H,24,28). The highest BCUT2D eigenvalue weighted by atomic mass is 16.5. The van der Waals surface area contributed by atoms with Crippen molar-refractivity contribution in [2.75, 3.05) is 18.4 Å². The maximum Gasteiger partial charge on any atom is 0.277 e. The number of carbonyl (C=O) groups excluding carboxylic acids is 1. The third-order valence-corrected chi connectivity index (χ3v) is 5.26. The molecule has 1 saturated heterocycles. The van der Waals surface area contributed by atoms with Crippen molar-refractivity contribution in [2.24, 2.45) is 0 Å². The molecule has 7 heteroatoms. The van der Waals surface area contributed by atoms with E-state index in [1.165, 1.54) is 0 Å². The number of carbonyl (C=O) groups is 1. The number of ether oxygens (including phenoxy) is 1. The molecule has 0 bridgehead atoms. The zero-order chi connectivity index (χ0) is 20.1. The molecule has 150 valence electrons. The fraction of sp³-hybridized carbons (Fsp3) is 0.318. The van der Waals surface area contributed by atoms with E-state index >= 15 is 0 Å². The lowest BCUT2D eigenvalue weighted by Gasteiger charge is -2.22. The van der Waals surface area contributed by atoms with Gasteiger partial charge in [0.1, 0.15) is 12.4 Å². The summed E-state index contributed by atoms with van der Waals surface area (Å²) in [6.07, 6.45) is 3.73. The van der Waals surface area contributed by atoms with E-state index in [2.05, 4.69) is 20.9 Å². The molecule has 2 N–H and O–H groups in total. The number of hydrogen-bond acceptors (Lipinski definition) is 5. The van der Waals surface area contributed by atoms with Gasteiger partial charge in [-0.1, -0.05) is 35.5 Å². The zero-order valence-electron chi connectivity index (χ0n) is 16.5. The predicted molar refractivity (Wildman–Crippen MR) is 111 cm³/mol. The SMILES string of the molecule is Cc1c(COc2ccccc2)cccc1NC(=O)c1cn(C2CCNCC2)nn1. The van der Waals surface area contributed by atoms with E-state index in [4.69, 9.17) is 4.74 Å². The average Bonchev–Trinajstić information content (AvgIpc) is 3.26. The highest BCUT2D eigenvalue weighted by Gasteiger charge is 2.19.